The molecule has 2 rings (SSSR count). The van der Waals surface area contributed by atoms with Gasteiger partial charge in [0.25, 0.3) is 0 Å². The molecular formula is C17H29N5O. The lowest BCUT2D eigenvalue weighted by Gasteiger charge is -2.25. The van der Waals surface area contributed by atoms with E-state index >= 15 is 0 Å². The number of hydrogen-bond donors (Lipinski definition) is 2. The fourth-order valence-corrected chi connectivity index (χ4v) is 2.60. The first-order valence-corrected chi connectivity index (χ1v) is 8.66. The van der Waals surface area contributed by atoms with E-state index in [2.05, 4.69) is 32.4 Å². The molecule has 6 heteroatoms. The normalized spacial score (nSPS) is 16.1. The van der Waals surface area contributed by atoms with E-state index in [-0.39, 0.29) is 0 Å². The van der Waals surface area contributed by atoms with Gasteiger partial charge in [-0.15, -0.1) is 0 Å². The molecule has 23 heavy (non-hydrogen) atoms. The SMILES string of the molecule is CCNC(=NCCN1CCCCC1)NCCOc1cccnc1. The van der Waals surface area contributed by atoms with Crippen LogP contribution in [0.3, 0.4) is 0 Å². The third kappa shape index (κ3) is 7.32. The van der Waals surface area contributed by atoms with Crippen molar-refractivity contribution in [2.75, 3.05) is 45.9 Å². The third-order valence-electron chi connectivity index (χ3n) is 3.78. The van der Waals surface area contributed by atoms with E-state index < -0.39 is 0 Å². The largest absolute Gasteiger partial charge is 0.490 e. The molecule has 0 unspecified atom stereocenters. The Morgan fingerprint density at radius 3 is 2.91 bits per heavy atom. The molecule has 1 aliphatic heterocycles. The molecule has 1 aromatic heterocycles. The second-order valence-electron chi connectivity index (χ2n) is 5.63. The Balaban J connectivity index is 1.64. The zero-order valence-electron chi connectivity index (χ0n) is 14.1. The molecule has 0 amide bonds. The van der Waals surface area contributed by atoms with Crippen LogP contribution in [0.2, 0.25) is 0 Å². The standard InChI is InChI=1S/C17H29N5O/c1-2-19-17(20-9-13-22-11-4-3-5-12-22)21-10-14-23-16-7-6-8-18-15-16/h6-8,15H,2-5,9-14H2,1H3,(H2,19,20,21). The minimum Gasteiger partial charge on any atom is -0.490 e. The zero-order chi connectivity index (χ0) is 16.2. The van der Waals surface area contributed by atoms with Crippen molar-refractivity contribution in [3.05, 3.63) is 24.5 Å². The summed E-state index contributed by atoms with van der Waals surface area (Å²) in [5.74, 6) is 1.65. The molecule has 2 heterocycles. The van der Waals surface area contributed by atoms with E-state index in [4.69, 9.17) is 4.74 Å². The van der Waals surface area contributed by atoms with Crippen LogP contribution in [0.15, 0.2) is 29.5 Å². The molecule has 0 aromatic carbocycles. The Hall–Kier alpha value is -1.82. The highest BCUT2D eigenvalue weighted by atomic mass is 16.5. The number of hydrogen-bond acceptors (Lipinski definition) is 4. The number of rotatable bonds is 8. The Morgan fingerprint density at radius 2 is 2.17 bits per heavy atom. The Kier molecular flexibility index (Phi) is 8.26. The summed E-state index contributed by atoms with van der Waals surface area (Å²) in [5, 5.41) is 6.58. The average molecular weight is 319 g/mol. The van der Waals surface area contributed by atoms with Gasteiger partial charge in [-0.1, -0.05) is 6.42 Å². The second kappa shape index (κ2) is 10.8. The average Bonchev–Trinajstić information content (AvgIpc) is 2.60. The van der Waals surface area contributed by atoms with Gasteiger partial charge in [0.2, 0.25) is 0 Å². The zero-order valence-corrected chi connectivity index (χ0v) is 14.1. The smallest absolute Gasteiger partial charge is 0.191 e. The Labute approximate surface area is 139 Å². The number of aromatic nitrogens is 1. The molecule has 128 valence electrons. The van der Waals surface area contributed by atoms with E-state index in [0.717, 1.165) is 31.3 Å². The molecular weight excluding hydrogens is 290 g/mol. The lowest BCUT2D eigenvalue weighted by Crippen LogP contribution is -2.40. The van der Waals surface area contributed by atoms with Crippen molar-refractivity contribution in [1.82, 2.24) is 20.5 Å². The third-order valence-corrected chi connectivity index (χ3v) is 3.78. The van der Waals surface area contributed by atoms with E-state index in [1.165, 1.54) is 32.4 Å². The van der Waals surface area contributed by atoms with Crippen molar-refractivity contribution >= 4 is 5.96 Å². The first kappa shape index (κ1) is 17.5. The van der Waals surface area contributed by atoms with Crippen LogP contribution in [-0.4, -0.2) is 61.7 Å². The summed E-state index contributed by atoms with van der Waals surface area (Å²) in [4.78, 5) is 11.2. The van der Waals surface area contributed by atoms with Crippen LogP contribution < -0.4 is 15.4 Å². The summed E-state index contributed by atoms with van der Waals surface area (Å²) < 4.78 is 5.62. The summed E-state index contributed by atoms with van der Waals surface area (Å²) in [6, 6.07) is 3.78. The van der Waals surface area contributed by atoms with Crippen LogP contribution in [0.4, 0.5) is 0 Å². The molecule has 1 aliphatic rings. The highest BCUT2D eigenvalue weighted by molar-refractivity contribution is 5.79. The van der Waals surface area contributed by atoms with Gasteiger partial charge in [0.05, 0.1) is 19.3 Å². The van der Waals surface area contributed by atoms with Crippen molar-refractivity contribution in [3.8, 4) is 5.75 Å². The Bertz CT molecular complexity index is 446. The first-order chi connectivity index (χ1) is 11.4. The predicted molar refractivity (Wildman–Crippen MR) is 94.0 cm³/mol. The molecule has 1 fully saturated rings. The molecule has 0 aliphatic carbocycles. The van der Waals surface area contributed by atoms with Gasteiger partial charge in [0.15, 0.2) is 5.96 Å². The number of likely N-dealkylation sites (tertiary alicyclic amines) is 1. The fourth-order valence-electron chi connectivity index (χ4n) is 2.60. The highest BCUT2D eigenvalue weighted by Crippen LogP contribution is 2.07. The van der Waals surface area contributed by atoms with Gasteiger partial charge < -0.3 is 20.3 Å². The molecule has 1 saturated heterocycles. The van der Waals surface area contributed by atoms with E-state index in [1.54, 1.807) is 12.4 Å². The van der Waals surface area contributed by atoms with Crippen LogP contribution in [0.5, 0.6) is 5.75 Å². The van der Waals surface area contributed by atoms with Crippen LogP contribution in [-0.2, 0) is 0 Å². The topological polar surface area (TPSA) is 61.8 Å². The fraction of sp³-hybridized carbons (Fsp3) is 0.647. The van der Waals surface area contributed by atoms with E-state index in [0.29, 0.717) is 13.2 Å². The molecule has 0 spiro atoms. The molecule has 0 bridgehead atoms. The quantitative estimate of drug-likeness (QED) is 0.432. The molecule has 0 saturated carbocycles. The predicted octanol–water partition coefficient (Wildman–Crippen LogP) is 1.50. The van der Waals surface area contributed by atoms with Crippen molar-refractivity contribution in [1.29, 1.82) is 0 Å². The van der Waals surface area contributed by atoms with Crippen molar-refractivity contribution in [3.63, 3.8) is 0 Å². The number of aliphatic imine (C=N–C) groups is 1. The van der Waals surface area contributed by atoms with Crippen LogP contribution in [0.25, 0.3) is 0 Å². The minimum absolute atomic E-state index is 0.586. The number of nitrogens with one attached hydrogen (secondary N) is 2. The van der Waals surface area contributed by atoms with Gasteiger partial charge in [-0.3, -0.25) is 9.98 Å². The van der Waals surface area contributed by atoms with Gasteiger partial charge >= 0.3 is 0 Å². The minimum atomic E-state index is 0.586. The Morgan fingerprint density at radius 1 is 1.30 bits per heavy atom. The maximum atomic E-state index is 5.62. The van der Waals surface area contributed by atoms with E-state index in [9.17, 15) is 0 Å². The number of nitrogens with zero attached hydrogens (tertiary/aromatic N) is 3. The molecule has 1 aromatic rings. The number of pyridine rings is 1. The lowest BCUT2D eigenvalue weighted by molar-refractivity contribution is 0.235. The van der Waals surface area contributed by atoms with Gasteiger partial charge in [-0.05, 0) is 45.0 Å². The van der Waals surface area contributed by atoms with Crippen molar-refractivity contribution in [2.45, 2.75) is 26.2 Å². The molecule has 0 atom stereocenters. The number of piperidine rings is 1. The second-order valence-corrected chi connectivity index (χ2v) is 5.63. The monoisotopic (exact) mass is 319 g/mol. The summed E-state index contributed by atoms with van der Waals surface area (Å²) >= 11 is 0. The number of guanidine groups is 1. The van der Waals surface area contributed by atoms with Crippen molar-refractivity contribution < 1.29 is 4.74 Å². The van der Waals surface area contributed by atoms with Gasteiger partial charge in [0, 0.05) is 19.3 Å². The number of ether oxygens (including phenoxy) is 1. The molecule has 0 radical (unpaired) electrons. The lowest BCUT2D eigenvalue weighted by atomic mass is 10.1. The maximum Gasteiger partial charge on any atom is 0.191 e. The summed E-state index contributed by atoms with van der Waals surface area (Å²) in [6.45, 7) is 8.55. The highest BCUT2D eigenvalue weighted by Gasteiger charge is 2.08. The van der Waals surface area contributed by atoms with Crippen LogP contribution in [0, 0.1) is 0 Å². The summed E-state index contributed by atoms with van der Waals surface area (Å²) in [7, 11) is 0. The molecule has 2 N–H and O–H groups in total. The maximum absolute atomic E-state index is 5.62. The van der Waals surface area contributed by atoms with Gasteiger partial charge in [-0.2, -0.15) is 0 Å². The summed E-state index contributed by atoms with van der Waals surface area (Å²) in [5.41, 5.74) is 0. The van der Waals surface area contributed by atoms with E-state index in [1.807, 2.05) is 12.1 Å². The summed E-state index contributed by atoms with van der Waals surface area (Å²) in [6.07, 6.45) is 7.49. The van der Waals surface area contributed by atoms with Crippen LogP contribution in [0.1, 0.15) is 26.2 Å². The van der Waals surface area contributed by atoms with Crippen molar-refractivity contribution in [2.24, 2.45) is 4.99 Å². The van der Waals surface area contributed by atoms with Crippen LogP contribution >= 0.6 is 0 Å². The van der Waals surface area contributed by atoms with Gasteiger partial charge in [-0.25, -0.2) is 0 Å². The first-order valence-electron chi connectivity index (χ1n) is 8.66. The van der Waals surface area contributed by atoms with Gasteiger partial charge in [0.1, 0.15) is 12.4 Å². The molecule has 6 nitrogen and oxygen atoms in total.